The maximum Gasteiger partial charge on any atom is 0.260 e. The molecule has 0 bridgehead atoms. The summed E-state index contributed by atoms with van der Waals surface area (Å²) in [6.45, 7) is 1.28. The summed E-state index contributed by atoms with van der Waals surface area (Å²) < 4.78 is 18.2. The van der Waals surface area contributed by atoms with Gasteiger partial charge in [0.25, 0.3) is 5.91 Å². The Morgan fingerprint density at radius 2 is 2.37 bits per heavy atom. The highest BCUT2D eigenvalue weighted by Crippen LogP contribution is 2.16. The van der Waals surface area contributed by atoms with Crippen molar-refractivity contribution in [2.75, 3.05) is 26.3 Å². The van der Waals surface area contributed by atoms with Crippen LogP contribution in [0.2, 0.25) is 0 Å². The Kier molecular flexibility index (Phi) is 4.74. The summed E-state index contributed by atoms with van der Waals surface area (Å²) in [5, 5.41) is 9.12. The number of rotatable bonds is 4. The zero-order valence-corrected chi connectivity index (χ0v) is 10.7. The van der Waals surface area contributed by atoms with Gasteiger partial charge in [0, 0.05) is 25.8 Å². The van der Waals surface area contributed by atoms with Gasteiger partial charge in [0.2, 0.25) is 0 Å². The number of aliphatic hydroxyl groups excluding tert-OH is 1. The van der Waals surface area contributed by atoms with Crippen molar-refractivity contribution < 1.29 is 19.0 Å². The zero-order valence-electron chi connectivity index (χ0n) is 10.7. The molecule has 104 valence electrons. The van der Waals surface area contributed by atoms with Gasteiger partial charge in [-0.2, -0.15) is 0 Å². The molecule has 4 nitrogen and oxygen atoms in total. The molecule has 1 aliphatic heterocycles. The summed E-state index contributed by atoms with van der Waals surface area (Å²) in [7, 11) is 0. The van der Waals surface area contributed by atoms with E-state index in [1.54, 1.807) is 11.0 Å². The van der Waals surface area contributed by atoms with Gasteiger partial charge in [0.05, 0.1) is 0 Å². The lowest BCUT2D eigenvalue weighted by atomic mass is 9.99. The molecular weight excluding hydrogens is 249 g/mol. The van der Waals surface area contributed by atoms with Crippen LogP contribution in [-0.2, 0) is 4.79 Å². The molecule has 1 aliphatic rings. The quantitative estimate of drug-likeness (QED) is 0.898. The second kappa shape index (κ2) is 6.52. The third-order valence-electron chi connectivity index (χ3n) is 3.29. The molecule has 0 aliphatic carbocycles. The lowest BCUT2D eigenvalue weighted by molar-refractivity contribution is -0.135. The third kappa shape index (κ3) is 3.92. The van der Waals surface area contributed by atoms with Crippen molar-refractivity contribution in [3.63, 3.8) is 0 Å². The SMILES string of the molecule is O=C(COc1cccc(F)c1)N1CCCC(CO)C1. The summed E-state index contributed by atoms with van der Waals surface area (Å²) in [4.78, 5) is 13.6. The number of benzene rings is 1. The monoisotopic (exact) mass is 267 g/mol. The molecule has 1 N–H and O–H groups in total. The highest BCUT2D eigenvalue weighted by atomic mass is 19.1. The standard InChI is InChI=1S/C14H18FNO3/c15-12-4-1-5-13(7-12)19-10-14(18)16-6-2-3-11(8-16)9-17/h1,4-5,7,11,17H,2-3,6,8-10H2. The van der Waals surface area contributed by atoms with E-state index in [1.165, 1.54) is 18.2 Å². The Hall–Kier alpha value is -1.62. The normalized spacial score (nSPS) is 19.3. The van der Waals surface area contributed by atoms with E-state index >= 15 is 0 Å². The molecule has 1 unspecified atom stereocenters. The lowest BCUT2D eigenvalue weighted by Gasteiger charge is -2.31. The molecule has 1 aromatic carbocycles. The highest BCUT2D eigenvalue weighted by Gasteiger charge is 2.23. The largest absolute Gasteiger partial charge is 0.484 e. The second-order valence-corrected chi connectivity index (χ2v) is 4.78. The molecule has 1 amide bonds. The van der Waals surface area contributed by atoms with Gasteiger partial charge >= 0.3 is 0 Å². The van der Waals surface area contributed by atoms with E-state index in [0.29, 0.717) is 18.8 Å². The number of likely N-dealkylation sites (tertiary alicyclic amines) is 1. The summed E-state index contributed by atoms with van der Waals surface area (Å²) >= 11 is 0. The molecule has 1 heterocycles. The number of ether oxygens (including phenoxy) is 1. The maximum absolute atomic E-state index is 12.9. The predicted octanol–water partition coefficient (Wildman–Crippen LogP) is 1.44. The van der Waals surface area contributed by atoms with Gasteiger partial charge in [0.1, 0.15) is 11.6 Å². The van der Waals surface area contributed by atoms with Crippen LogP contribution >= 0.6 is 0 Å². The Labute approximate surface area is 111 Å². The fourth-order valence-electron chi connectivity index (χ4n) is 2.23. The van der Waals surface area contributed by atoms with Gasteiger partial charge in [-0.05, 0) is 30.9 Å². The van der Waals surface area contributed by atoms with Gasteiger partial charge in [-0.1, -0.05) is 6.07 Å². The van der Waals surface area contributed by atoms with E-state index in [-0.39, 0.29) is 30.9 Å². The number of hydrogen-bond acceptors (Lipinski definition) is 3. The number of carbonyl (C=O) groups excluding carboxylic acids is 1. The van der Waals surface area contributed by atoms with Crippen LogP contribution in [0.4, 0.5) is 4.39 Å². The molecule has 0 saturated carbocycles. The number of carbonyl (C=O) groups is 1. The molecular formula is C14H18FNO3. The fourth-order valence-corrected chi connectivity index (χ4v) is 2.23. The molecule has 0 spiro atoms. The molecule has 1 fully saturated rings. The van der Waals surface area contributed by atoms with Crippen molar-refractivity contribution in [2.24, 2.45) is 5.92 Å². The molecule has 1 atom stereocenters. The van der Waals surface area contributed by atoms with E-state index in [2.05, 4.69) is 0 Å². The predicted molar refractivity (Wildman–Crippen MR) is 68.3 cm³/mol. The number of hydrogen-bond donors (Lipinski definition) is 1. The molecule has 0 radical (unpaired) electrons. The minimum absolute atomic E-state index is 0.0956. The number of halogens is 1. The number of aliphatic hydroxyl groups is 1. The number of nitrogens with zero attached hydrogens (tertiary/aromatic N) is 1. The molecule has 1 saturated heterocycles. The zero-order chi connectivity index (χ0) is 13.7. The van der Waals surface area contributed by atoms with Crippen LogP contribution in [-0.4, -0.2) is 42.2 Å². The van der Waals surface area contributed by atoms with Crippen molar-refractivity contribution in [1.29, 1.82) is 0 Å². The Morgan fingerprint density at radius 1 is 1.53 bits per heavy atom. The topological polar surface area (TPSA) is 49.8 Å². The van der Waals surface area contributed by atoms with E-state index in [1.807, 2.05) is 0 Å². The third-order valence-corrected chi connectivity index (χ3v) is 3.29. The number of amides is 1. The minimum atomic E-state index is -0.386. The summed E-state index contributed by atoms with van der Waals surface area (Å²) in [6.07, 6.45) is 1.85. The highest BCUT2D eigenvalue weighted by molar-refractivity contribution is 5.77. The smallest absolute Gasteiger partial charge is 0.260 e. The first-order valence-electron chi connectivity index (χ1n) is 6.46. The molecule has 0 aromatic heterocycles. The van der Waals surface area contributed by atoms with Crippen LogP contribution in [0.1, 0.15) is 12.8 Å². The van der Waals surface area contributed by atoms with Crippen LogP contribution in [0.5, 0.6) is 5.75 Å². The Morgan fingerprint density at radius 3 is 3.11 bits per heavy atom. The van der Waals surface area contributed by atoms with Gasteiger partial charge < -0.3 is 14.7 Å². The van der Waals surface area contributed by atoms with Crippen LogP contribution in [0.25, 0.3) is 0 Å². The summed E-state index contributed by atoms with van der Waals surface area (Å²) in [5.41, 5.74) is 0. The number of piperidine rings is 1. The first-order chi connectivity index (χ1) is 9.19. The van der Waals surface area contributed by atoms with Crippen LogP contribution in [0.3, 0.4) is 0 Å². The van der Waals surface area contributed by atoms with Crippen molar-refractivity contribution in [2.45, 2.75) is 12.8 Å². The van der Waals surface area contributed by atoms with Crippen molar-refractivity contribution in [1.82, 2.24) is 4.90 Å². The van der Waals surface area contributed by atoms with Crippen molar-refractivity contribution in [3.05, 3.63) is 30.1 Å². The molecule has 19 heavy (non-hydrogen) atoms. The Balaban J connectivity index is 1.84. The van der Waals surface area contributed by atoms with E-state index in [9.17, 15) is 9.18 Å². The first-order valence-corrected chi connectivity index (χ1v) is 6.46. The summed E-state index contributed by atoms with van der Waals surface area (Å²) in [5.74, 6) is 0.00150. The van der Waals surface area contributed by atoms with Gasteiger partial charge in [0.15, 0.2) is 6.61 Å². The van der Waals surface area contributed by atoms with E-state index in [4.69, 9.17) is 9.84 Å². The molecule has 2 rings (SSSR count). The lowest BCUT2D eigenvalue weighted by Crippen LogP contribution is -2.43. The second-order valence-electron chi connectivity index (χ2n) is 4.78. The average Bonchev–Trinajstić information content (AvgIpc) is 2.45. The maximum atomic E-state index is 12.9. The average molecular weight is 267 g/mol. The van der Waals surface area contributed by atoms with Gasteiger partial charge in [-0.15, -0.1) is 0 Å². The molecule has 1 aromatic rings. The van der Waals surface area contributed by atoms with Crippen molar-refractivity contribution in [3.8, 4) is 5.75 Å². The van der Waals surface area contributed by atoms with Crippen LogP contribution in [0, 0.1) is 11.7 Å². The van der Waals surface area contributed by atoms with Crippen molar-refractivity contribution >= 4 is 5.91 Å². The first kappa shape index (κ1) is 13.8. The van der Waals surface area contributed by atoms with Gasteiger partial charge in [-0.3, -0.25) is 4.79 Å². The Bertz CT molecular complexity index is 438. The van der Waals surface area contributed by atoms with E-state index < -0.39 is 0 Å². The minimum Gasteiger partial charge on any atom is -0.484 e. The molecule has 5 heteroatoms. The van der Waals surface area contributed by atoms with Crippen LogP contribution in [0.15, 0.2) is 24.3 Å². The fraction of sp³-hybridized carbons (Fsp3) is 0.500. The van der Waals surface area contributed by atoms with E-state index in [0.717, 1.165) is 12.8 Å². The summed E-state index contributed by atoms with van der Waals surface area (Å²) in [6, 6.07) is 5.73. The van der Waals surface area contributed by atoms with Gasteiger partial charge in [-0.25, -0.2) is 4.39 Å². The van der Waals surface area contributed by atoms with Crippen LogP contribution < -0.4 is 4.74 Å².